The van der Waals surface area contributed by atoms with Crippen LogP contribution in [0.25, 0.3) is 0 Å². The van der Waals surface area contributed by atoms with Gasteiger partial charge in [0.15, 0.2) is 37.6 Å². The molecule has 15 N–H and O–H groups in total. The Morgan fingerprint density at radius 2 is 0.934 bits per heavy atom. The maximum atomic E-state index is 12.4. The minimum atomic E-state index is -2.10. The van der Waals surface area contributed by atoms with Crippen molar-refractivity contribution in [1.29, 1.82) is 0 Å². The highest BCUT2D eigenvalue weighted by Gasteiger charge is 2.57. The molecule has 5 fully saturated rings. The molecule has 5 aliphatic rings. The predicted octanol–water partition coefficient (Wildman–Crippen LogP) is -9.49. The summed E-state index contributed by atoms with van der Waals surface area (Å²) in [5.74, 6) is -3.20. The van der Waals surface area contributed by atoms with Crippen LogP contribution in [0.4, 0.5) is 0 Å². The number of rotatable bonds is 13. The topological polar surface area (TPSA) is 421 Å². The highest BCUT2D eigenvalue weighted by atomic mass is 16.8. The van der Waals surface area contributed by atoms with Gasteiger partial charge < -0.3 is 120 Å². The number of hydrogen-bond acceptors (Lipinski definition) is 24. The summed E-state index contributed by atoms with van der Waals surface area (Å²) in [5, 5.41) is 143. The molecule has 352 valence electrons. The number of carbonyl (C=O) groups excluding carboxylic acids is 2. The molecule has 0 radical (unpaired) electrons. The zero-order chi connectivity index (χ0) is 45.4. The van der Waals surface area contributed by atoms with Crippen molar-refractivity contribution in [2.45, 2.75) is 181 Å². The SMILES string of the molecule is CC(=O)N[C@@H]1[C@@H](O[C@@H]2O[C@@H](C)[C@@H](O)[C@@H](O[C@@H]3O[C@H](CO)[C@@H](O[C@@H]4O[C@@H](C)[C@@H](O)[C@@H](O[C@H]5O[C@H](C(=O)O)[C@@H](O)[C@H](O)[C@H]5O)[C@@H]4O)[C@H](O)[C@H]3NC(C)=O)[C@@H]2O)[C@H](O)[C@@H](CO)O[C@H]1O. The molecule has 0 spiro atoms. The van der Waals surface area contributed by atoms with Crippen LogP contribution < -0.4 is 10.6 Å². The molecule has 27 nitrogen and oxygen atoms in total. The standard InChI is InChI=1S/C34H56N2O25/c1-7-15(41)26(22(48)34(54-7)58-25-14(36-10(4)40)30(52)55-11(5-37)17(25)43)59-31-13(35-9(3)39)18(44)24(12(6-38)56-31)57-33-23(49)27(16(42)8(2)53-33)60-32-21(47)19(45)20(46)28(61-32)29(50)51/h7-8,11-28,30-34,37-38,41-49,52H,5-6H2,1-4H3,(H,35,39)(H,36,40)(H,50,51)/t7-,8-,11+,12+,13+,14+,15+,16+,17+,18+,19-,20-,21+,22-,23-,24+,25+,26+,27+,28-,30+,31-,32-,33-,34-/m0/s1. The maximum Gasteiger partial charge on any atom is 0.335 e. The van der Waals surface area contributed by atoms with E-state index < -0.39 is 184 Å². The fourth-order valence-corrected chi connectivity index (χ4v) is 7.70. The Kier molecular flexibility index (Phi) is 16.7. The summed E-state index contributed by atoms with van der Waals surface area (Å²) in [6, 6.07) is -3.12. The van der Waals surface area contributed by atoms with E-state index in [1.54, 1.807) is 0 Å². The number of aliphatic carboxylic acids is 1. The first-order valence-corrected chi connectivity index (χ1v) is 19.3. The normalized spacial score (nSPS) is 49.5. The van der Waals surface area contributed by atoms with Gasteiger partial charge in [0.2, 0.25) is 11.8 Å². The zero-order valence-corrected chi connectivity index (χ0v) is 33.1. The summed E-state index contributed by atoms with van der Waals surface area (Å²) in [7, 11) is 0. The van der Waals surface area contributed by atoms with E-state index in [-0.39, 0.29) is 0 Å². The zero-order valence-electron chi connectivity index (χ0n) is 33.1. The average Bonchev–Trinajstić information content (AvgIpc) is 3.19. The monoisotopic (exact) mass is 892 g/mol. The van der Waals surface area contributed by atoms with Crippen molar-refractivity contribution in [3.8, 4) is 0 Å². The van der Waals surface area contributed by atoms with Gasteiger partial charge in [-0.2, -0.15) is 0 Å². The molecule has 0 unspecified atom stereocenters. The van der Waals surface area contributed by atoms with E-state index >= 15 is 0 Å². The number of carboxylic acids is 1. The molecule has 25 atom stereocenters. The quantitative estimate of drug-likeness (QED) is 0.0816. The molecule has 0 aliphatic carbocycles. The molecule has 0 aromatic heterocycles. The van der Waals surface area contributed by atoms with Gasteiger partial charge in [-0.15, -0.1) is 0 Å². The Bertz CT molecular complexity index is 1490. The first kappa shape index (κ1) is 49.6. The number of nitrogens with one attached hydrogen (secondary N) is 2. The van der Waals surface area contributed by atoms with Crippen LogP contribution in [-0.2, 0) is 57.0 Å². The Balaban J connectivity index is 1.34. The fourth-order valence-electron chi connectivity index (χ4n) is 7.70. The van der Waals surface area contributed by atoms with Crippen molar-refractivity contribution in [2.75, 3.05) is 13.2 Å². The number of ether oxygens (including phenoxy) is 9. The van der Waals surface area contributed by atoms with Gasteiger partial charge in [-0.05, 0) is 13.8 Å². The van der Waals surface area contributed by atoms with Crippen molar-refractivity contribution in [3.63, 3.8) is 0 Å². The van der Waals surface area contributed by atoms with Gasteiger partial charge in [0, 0.05) is 13.8 Å². The smallest absolute Gasteiger partial charge is 0.335 e. The van der Waals surface area contributed by atoms with E-state index in [1.165, 1.54) is 13.8 Å². The molecule has 5 saturated heterocycles. The Labute approximate surface area is 346 Å². The van der Waals surface area contributed by atoms with Crippen LogP contribution in [0.2, 0.25) is 0 Å². The summed E-state index contributed by atoms with van der Waals surface area (Å²) < 4.78 is 50.6. The minimum absolute atomic E-state index is 0.680. The van der Waals surface area contributed by atoms with Gasteiger partial charge in [-0.3, -0.25) is 9.59 Å². The molecule has 0 aromatic rings. The average molecular weight is 893 g/mol. The maximum absolute atomic E-state index is 12.4. The molecule has 61 heavy (non-hydrogen) atoms. The van der Waals surface area contributed by atoms with Crippen molar-refractivity contribution in [1.82, 2.24) is 10.6 Å². The number of aliphatic hydroxyl groups is 12. The van der Waals surface area contributed by atoms with Crippen LogP contribution in [0, 0.1) is 0 Å². The van der Waals surface area contributed by atoms with Crippen molar-refractivity contribution < 1.29 is 123 Å². The third-order valence-corrected chi connectivity index (χ3v) is 11.0. The molecule has 5 aliphatic heterocycles. The molecular formula is C34H56N2O25. The Hall–Kier alpha value is -2.43. The Morgan fingerprint density at radius 1 is 0.475 bits per heavy atom. The van der Waals surface area contributed by atoms with Crippen molar-refractivity contribution >= 4 is 17.8 Å². The number of carbonyl (C=O) groups is 3. The van der Waals surface area contributed by atoms with Crippen molar-refractivity contribution in [3.05, 3.63) is 0 Å². The summed E-state index contributed by atoms with van der Waals surface area (Å²) in [5.41, 5.74) is 0. The molecular weight excluding hydrogens is 836 g/mol. The van der Waals surface area contributed by atoms with Crippen LogP contribution in [0.1, 0.15) is 27.7 Å². The Morgan fingerprint density at radius 3 is 1.43 bits per heavy atom. The molecule has 5 rings (SSSR count). The lowest BCUT2D eigenvalue weighted by Gasteiger charge is -2.50. The van der Waals surface area contributed by atoms with E-state index in [4.69, 9.17) is 42.6 Å². The third-order valence-electron chi connectivity index (χ3n) is 11.0. The molecule has 5 heterocycles. The van der Waals surface area contributed by atoms with Crippen LogP contribution in [0.3, 0.4) is 0 Å². The second-order valence-electron chi connectivity index (χ2n) is 15.4. The van der Waals surface area contributed by atoms with Gasteiger partial charge in [0.25, 0.3) is 0 Å². The van der Waals surface area contributed by atoms with Crippen LogP contribution in [0.15, 0.2) is 0 Å². The van der Waals surface area contributed by atoms with E-state index in [0.717, 1.165) is 13.8 Å². The first-order valence-electron chi connectivity index (χ1n) is 19.3. The van der Waals surface area contributed by atoms with E-state index in [9.17, 15) is 80.8 Å². The second-order valence-corrected chi connectivity index (χ2v) is 15.4. The van der Waals surface area contributed by atoms with Crippen molar-refractivity contribution in [2.24, 2.45) is 0 Å². The van der Waals surface area contributed by atoms with Gasteiger partial charge in [0.05, 0.1) is 25.4 Å². The molecule has 0 aromatic carbocycles. The molecule has 0 bridgehead atoms. The van der Waals surface area contributed by atoms with E-state index in [2.05, 4.69) is 10.6 Å². The molecule has 2 amide bonds. The number of amides is 2. The summed E-state index contributed by atoms with van der Waals surface area (Å²) >= 11 is 0. The van der Waals surface area contributed by atoms with Gasteiger partial charge >= 0.3 is 5.97 Å². The second kappa shape index (κ2) is 20.6. The van der Waals surface area contributed by atoms with Crippen LogP contribution in [-0.4, -0.2) is 251 Å². The highest BCUT2D eigenvalue weighted by Crippen LogP contribution is 2.35. The first-order chi connectivity index (χ1) is 28.6. The van der Waals surface area contributed by atoms with Gasteiger partial charge in [0.1, 0.15) is 104 Å². The lowest BCUT2D eigenvalue weighted by atomic mass is 9.94. The summed E-state index contributed by atoms with van der Waals surface area (Å²) in [6.07, 6.45) is -41.4. The predicted molar refractivity (Wildman–Crippen MR) is 187 cm³/mol. The number of hydrogen-bond donors (Lipinski definition) is 15. The minimum Gasteiger partial charge on any atom is -0.479 e. The van der Waals surface area contributed by atoms with E-state index in [1.807, 2.05) is 0 Å². The summed E-state index contributed by atoms with van der Waals surface area (Å²) in [6.45, 7) is 3.02. The molecule has 0 saturated carbocycles. The lowest BCUT2D eigenvalue weighted by Crippen LogP contribution is -2.70. The molecule has 27 heteroatoms. The third kappa shape index (κ3) is 10.6. The van der Waals surface area contributed by atoms with Crippen LogP contribution in [0.5, 0.6) is 0 Å². The van der Waals surface area contributed by atoms with Crippen LogP contribution >= 0.6 is 0 Å². The fraction of sp³-hybridized carbons (Fsp3) is 0.912. The number of aliphatic hydroxyl groups excluding tert-OH is 12. The largest absolute Gasteiger partial charge is 0.479 e. The van der Waals surface area contributed by atoms with Gasteiger partial charge in [-0.25, -0.2) is 4.79 Å². The number of carboxylic acid groups (broad SMARTS) is 1. The van der Waals surface area contributed by atoms with E-state index in [0.29, 0.717) is 0 Å². The lowest BCUT2D eigenvalue weighted by molar-refractivity contribution is -0.380. The summed E-state index contributed by atoms with van der Waals surface area (Å²) in [4.78, 5) is 36.0. The van der Waals surface area contributed by atoms with Gasteiger partial charge in [-0.1, -0.05) is 0 Å². The highest BCUT2D eigenvalue weighted by molar-refractivity contribution is 5.74.